The zero-order chi connectivity index (χ0) is 29.1. The first-order valence-corrected chi connectivity index (χ1v) is 13.8. The lowest BCUT2D eigenvalue weighted by Crippen LogP contribution is -2.41. The molecule has 8 nitrogen and oxygen atoms in total. The molecule has 0 saturated carbocycles. The monoisotopic (exact) mass is 560 g/mol. The molecule has 0 spiro atoms. The number of hydrogen-bond acceptors (Lipinski definition) is 6. The molecule has 11 heteroatoms. The quantitative estimate of drug-likeness (QED) is 0.220. The fourth-order valence-electron chi connectivity index (χ4n) is 4.10. The van der Waals surface area contributed by atoms with Crippen molar-refractivity contribution in [3.63, 3.8) is 0 Å². The number of anilines is 1. The van der Waals surface area contributed by atoms with Gasteiger partial charge in [-0.05, 0) is 50.7 Å². The zero-order valence-electron chi connectivity index (χ0n) is 23.6. The van der Waals surface area contributed by atoms with Gasteiger partial charge in [0.15, 0.2) is 0 Å². The number of nitrogens with zero attached hydrogens (tertiary/aromatic N) is 4. The van der Waals surface area contributed by atoms with E-state index < -0.39 is 17.8 Å². The van der Waals surface area contributed by atoms with Gasteiger partial charge in [-0.15, -0.1) is 0 Å². The molecule has 1 aromatic carbocycles. The molecule has 0 radical (unpaired) electrons. The van der Waals surface area contributed by atoms with Crippen LogP contribution in [0.5, 0.6) is 0 Å². The van der Waals surface area contributed by atoms with Crippen molar-refractivity contribution >= 4 is 11.7 Å². The third-order valence-corrected chi connectivity index (χ3v) is 6.19. The van der Waals surface area contributed by atoms with Crippen LogP contribution in [0.2, 0.25) is 0 Å². The van der Waals surface area contributed by atoms with Crippen molar-refractivity contribution in [2.45, 2.75) is 72.0 Å². The van der Waals surface area contributed by atoms with Crippen LogP contribution in [0.1, 0.15) is 64.6 Å². The molecule has 0 fully saturated rings. The standard InChI is InChI=1S/C29H39F3N6O2/c1-5-7-9-23-17-26(36-24(16-20(3)4)27(39)33-14-8-15-40-6-2)37-28(35-23)38-18-25(34-19-38)21-10-12-22(13-11-21)29(30,31)32/h10-13,17-20,24H,5-9,14-16H2,1-4H3,(H,33,39)(H,35,36,37)/t24-/m0/s1. The molecule has 2 aromatic heterocycles. The topological polar surface area (TPSA) is 94.0 Å². The van der Waals surface area contributed by atoms with Gasteiger partial charge in [0, 0.05) is 43.3 Å². The predicted molar refractivity (Wildman–Crippen MR) is 149 cm³/mol. The van der Waals surface area contributed by atoms with Gasteiger partial charge < -0.3 is 15.4 Å². The summed E-state index contributed by atoms with van der Waals surface area (Å²) in [7, 11) is 0. The Hall–Kier alpha value is -3.47. The molecular weight excluding hydrogens is 521 g/mol. The summed E-state index contributed by atoms with van der Waals surface area (Å²) in [6.07, 6.45) is 2.83. The number of rotatable bonds is 15. The largest absolute Gasteiger partial charge is 0.416 e. The number of unbranched alkanes of at least 4 members (excludes halogenated alkanes) is 1. The third kappa shape index (κ3) is 9.32. The molecule has 3 aromatic rings. The van der Waals surface area contributed by atoms with Crippen LogP contribution in [0.25, 0.3) is 17.2 Å². The lowest BCUT2D eigenvalue weighted by Gasteiger charge is -2.21. The molecule has 0 unspecified atom stereocenters. The van der Waals surface area contributed by atoms with E-state index in [4.69, 9.17) is 9.72 Å². The Morgan fingerprint density at radius 2 is 1.85 bits per heavy atom. The number of carbonyl (C=O) groups is 1. The van der Waals surface area contributed by atoms with Crippen LogP contribution in [-0.4, -0.2) is 51.2 Å². The fourth-order valence-corrected chi connectivity index (χ4v) is 4.10. The number of hydrogen-bond donors (Lipinski definition) is 2. The van der Waals surface area contributed by atoms with E-state index in [1.807, 2.05) is 13.0 Å². The highest BCUT2D eigenvalue weighted by Gasteiger charge is 2.30. The number of alkyl halides is 3. The Morgan fingerprint density at radius 1 is 1.10 bits per heavy atom. The van der Waals surface area contributed by atoms with Gasteiger partial charge in [-0.1, -0.05) is 39.3 Å². The SMILES string of the molecule is CCCCc1cc(N[C@@H](CC(C)C)C(=O)NCCCOCC)nc(-n2cnc(-c3ccc(C(F)(F)F)cc3)c2)n1. The highest BCUT2D eigenvalue weighted by molar-refractivity contribution is 5.84. The maximum absolute atomic E-state index is 13.0. The van der Waals surface area contributed by atoms with Crippen LogP contribution >= 0.6 is 0 Å². The number of nitrogens with one attached hydrogen (secondary N) is 2. The molecule has 0 aliphatic carbocycles. The van der Waals surface area contributed by atoms with Gasteiger partial charge in [0.05, 0.1) is 11.3 Å². The first kappa shape index (κ1) is 31.1. The van der Waals surface area contributed by atoms with Crippen molar-refractivity contribution in [1.29, 1.82) is 0 Å². The second kappa shape index (κ2) is 14.8. The van der Waals surface area contributed by atoms with Crippen molar-refractivity contribution in [1.82, 2.24) is 24.8 Å². The van der Waals surface area contributed by atoms with Crippen molar-refractivity contribution in [3.05, 3.63) is 54.1 Å². The first-order chi connectivity index (χ1) is 19.1. The molecule has 3 rings (SSSR count). The number of aryl methyl sites for hydroxylation is 1. The molecule has 0 aliphatic heterocycles. The average molecular weight is 561 g/mol. The van der Waals surface area contributed by atoms with E-state index in [9.17, 15) is 18.0 Å². The Kier molecular flexibility index (Phi) is 11.5. The summed E-state index contributed by atoms with van der Waals surface area (Å²) in [6.45, 7) is 9.91. The number of benzene rings is 1. The van der Waals surface area contributed by atoms with E-state index in [1.165, 1.54) is 18.5 Å². The minimum atomic E-state index is -4.40. The van der Waals surface area contributed by atoms with E-state index in [1.54, 1.807) is 10.8 Å². The zero-order valence-corrected chi connectivity index (χ0v) is 23.6. The Morgan fingerprint density at radius 3 is 2.50 bits per heavy atom. The van der Waals surface area contributed by atoms with Gasteiger partial charge in [-0.3, -0.25) is 9.36 Å². The van der Waals surface area contributed by atoms with Gasteiger partial charge in [-0.25, -0.2) is 9.97 Å². The van der Waals surface area contributed by atoms with Crippen LogP contribution in [0.15, 0.2) is 42.9 Å². The van der Waals surface area contributed by atoms with E-state index in [0.717, 1.165) is 43.5 Å². The van der Waals surface area contributed by atoms with Gasteiger partial charge in [0.2, 0.25) is 11.9 Å². The predicted octanol–water partition coefficient (Wildman–Crippen LogP) is 6.06. The molecule has 40 heavy (non-hydrogen) atoms. The van der Waals surface area contributed by atoms with Crippen molar-refractivity contribution in [3.8, 4) is 17.2 Å². The number of aromatic nitrogens is 4. The summed E-state index contributed by atoms with van der Waals surface area (Å²) in [5.74, 6) is 1.05. The van der Waals surface area contributed by atoms with E-state index >= 15 is 0 Å². The molecule has 0 saturated heterocycles. The number of halogens is 3. The third-order valence-electron chi connectivity index (χ3n) is 6.19. The highest BCUT2D eigenvalue weighted by atomic mass is 19.4. The Bertz CT molecular complexity index is 1210. The Labute approximate surface area is 233 Å². The second-order valence-electron chi connectivity index (χ2n) is 10.1. The number of imidazole rings is 1. The molecule has 218 valence electrons. The minimum Gasteiger partial charge on any atom is -0.382 e. The van der Waals surface area contributed by atoms with Gasteiger partial charge in [0.1, 0.15) is 18.2 Å². The fraction of sp³-hybridized carbons (Fsp3) is 0.517. The molecule has 2 heterocycles. The van der Waals surface area contributed by atoms with Crippen molar-refractivity contribution in [2.75, 3.05) is 25.1 Å². The maximum atomic E-state index is 13.0. The second-order valence-corrected chi connectivity index (χ2v) is 10.1. The summed E-state index contributed by atoms with van der Waals surface area (Å²) < 4.78 is 45.9. The molecule has 2 N–H and O–H groups in total. The molecule has 1 atom stereocenters. The summed E-state index contributed by atoms with van der Waals surface area (Å²) >= 11 is 0. The van der Waals surface area contributed by atoms with E-state index in [0.29, 0.717) is 49.2 Å². The minimum absolute atomic E-state index is 0.104. The summed E-state index contributed by atoms with van der Waals surface area (Å²) in [6, 6.07) is 6.24. The molecule has 1 amide bonds. The van der Waals surface area contributed by atoms with Crippen LogP contribution in [0.4, 0.5) is 19.0 Å². The molecule has 0 bridgehead atoms. The van der Waals surface area contributed by atoms with Crippen LogP contribution in [0, 0.1) is 5.92 Å². The van der Waals surface area contributed by atoms with Gasteiger partial charge in [-0.2, -0.15) is 18.2 Å². The normalized spacial score (nSPS) is 12.5. The smallest absolute Gasteiger partial charge is 0.382 e. The number of carbonyl (C=O) groups excluding carboxylic acids is 1. The van der Waals surface area contributed by atoms with Gasteiger partial charge in [0.25, 0.3) is 0 Å². The maximum Gasteiger partial charge on any atom is 0.416 e. The van der Waals surface area contributed by atoms with E-state index in [2.05, 4.69) is 41.4 Å². The lowest BCUT2D eigenvalue weighted by molar-refractivity contribution is -0.137. The van der Waals surface area contributed by atoms with Crippen LogP contribution < -0.4 is 10.6 Å². The average Bonchev–Trinajstić information content (AvgIpc) is 3.41. The van der Waals surface area contributed by atoms with Gasteiger partial charge >= 0.3 is 6.18 Å². The Balaban J connectivity index is 1.84. The highest BCUT2D eigenvalue weighted by Crippen LogP contribution is 2.30. The molecule has 0 aliphatic rings. The summed E-state index contributed by atoms with van der Waals surface area (Å²) in [4.78, 5) is 26.8. The van der Waals surface area contributed by atoms with E-state index in [-0.39, 0.29) is 11.8 Å². The lowest BCUT2D eigenvalue weighted by atomic mass is 10.0. The van der Waals surface area contributed by atoms with Crippen LogP contribution in [-0.2, 0) is 22.1 Å². The summed E-state index contributed by atoms with van der Waals surface area (Å²) in [5, 5.41) is 6.30. The van der Waals surface area contributed by atoms with Crippen molar-refractivity contribution in [2.24, 2.45) is 5.92 Å². The summed E-state index contributed by atoms with van der Waals surface area (Å²) in [5.41, 5.74) is 1.15. The van der Waals surface area contributed by atoms with Crippen LogP contribution in [0.3, 0.4) is 0 Å². The van der Waals surface area contributed by atoms with Crippen molar-refractivity contribution < 1.29 is 22.7 Å². The first-order valence-electron chi connectivity index (χ1n) is 13.8. The number of ether oxygens (including phenoxy) is 1. The molecular formula is C29H39F3N6O2. The number of amides is 1.